The SMILES string of the molecule is CC#CC(CC(=O)O)c1ccc(O)cc1.CC#C[C@@H](CC(=O)O)c1ccc(O)cc1. The van der Waals surface area contributed by atoms with E-state index in [1.165, 1.54) is 24.3 Å². The van der Waals surface area contributed by atoms with E-state index in [0.29, 0.717) is 0 Å². The molecule has 0 radical (unpaired) electrons. The summed E-state index contributed by atoms with van der Waals surface area (Å²) in [5.74, 6) is 9.04. The van der Waals surface area contributed by atoms with Crippen LogP contribution < -0.4 is 0 Å². The fraction of sp³-hybridized carbons (Fsp3) is 0.250. The van der Waals surface area contributed by atoms with Crippen molar-refractivity contribution in [3.05, 3.63) is 59.7 Å². The van der Waals surface area contributed by atoms with Gasteiger partial charge in [-0.1, -0.05) is 36.1 Å². The van der Waals surface area contributed by atoms with E-state index in [2.05, 4.69) is 23.7 Å². The van der Waals surface area contributed by atoms with Crippen molar-refractivity contribution in [2.24, 2.45) is 0 Å². The molecule has 0 spiro atoms. The first kappa shape index (κ1) is 24.1. The first-order valence-corrected chi connectivity index (χ1v) is 9.12. The largest absolute Gasteiger partial charge is 0.508 e. The summed E-state index contributed by atoms with van der Waals surface area (Å²) in [6.07, 6.45) is -0.0444. The molecular weight excluding hydrogens is 384 g/mol. The highest BCUT2D eigenvalue weighted by Gasteiger charge is 2.13. The smallest absolute Gasteiger partial charge is 0.304 e. The average molecular weight is 408 g/mol. The van der Waals surface area contributed by atoms with Crippen LogP contribution in [0.3, 0.4) is 0 Å². The standard InChI is InChI=1S/2C12H12O3/c2*1-2-3-10(8-12(14)15)9-4-6-11(13)7-5-9/h2*4-7,10,13H,8H2,1H3,(H,14,15)/t10-;/m0./s1. The summed E-state index contributed by atoms with van der Waals surface area (Å²) in [5, 5.41) is 35.6. The predicted molar refractivity (Wildman–Crippen MR) is 113 cm³/mol. The molecule has 2 aromatic rings. The molecule has 1 unspecified atom stereocenters. The number of hydrogen-bond donors (Lipinski definition) is 4. The summed E-state index contributed by atoms with van der Waals surface area (Å²) >= 11 is 0. The highest BCUT2D eigenvalue weighted by atomic mass is 16.4. The van der Waals surface area contributed by atoms with Crippen LogP contribution in [0.25, 0.3) is 0 Å². The van der Waals surface area contributed by atoms with E-state index in [4.69, 9.17) is 20.4 Å². The average Bonchev–Trinajstić information content (AvgIpc) is 2.68. The third-order valence-corrected chi connectivity index (χ3v) is 3.99. The fourth-order valence-corrected chi connectivity index (χ4v) is 2.62. The van der Waals surface area contributed by atoms with Gasteiger partial charge in [-0.3, -0.25) is 9.59 Å². The molecule has 0 aliphatic rings. The van der Waals surface area contributed by atoms with Crippen molar-refractivity contribution in [2.75, 3.05) is 0 Å². The van der Waals surface area contributed by atoms with Crippen molar-refractivity contribution < 1.29 is 30.0 Å². The van der Waals surface area contributed by atoms with Crippen LogP contribution in [-0.4, -0.2) is 32.4 Å². The van der Waals surface area contributed by atoms with Crippen molar-refractivity contribution in [3.8, 4) is 35.2 Å². The molecule has 4 N–H and O–H groups in total. The monoisotopic (exact) mass is 408 g/mol. The number of aliphatic carboxylic acids is 2. The molecule has 2 atom stereocenters. The van der Waals surface area contributed by atoms with E-state index >= 15 is 0 Å². The number of rotatable bonds is 6. The predicted octanol–water partition coefficient (Wildman–Crippen LogP) is 3.95. The van der Waals surface area contributed by atoms with Gasteiger partial charge in [-0.15, -0.1) is 11.8 Å². The van der Waals surface area contributed by atoms with Crippen molar-refractivity contribution in [1.29, 1.82) is 0 Å². The van der Waals surface area contributed by atoms with Crippen LogP contribution in [0.4, 0.5) is 0 Å². The molecule has 156 valence electrons. The Morgan fingerprint density at radius 2 is 1.00 bits per heavy atom. The Morgan fingerprint density at radius 1 is 0.700 bits per heavy atom. The van der Waals surface area contributed by atoms with Gasteiger partial charge in [-0.05, 0) is 49.2 Å². The zero-order valence-electron chi connectivity index (χ0n) is 16.8. The number of hydrogen-bond acceptors (Lipinski definition) is 4. The lowest BCUT2D eigenvalue weighted by atomic mass is 9.96. The molecule has 0 aliphatic heterocycles. The maximum atomic E-state index is 10.6. The molecule has 6 nitrogen and oxygen atoms in total. The second-order valence-electron chi connectivity index (χ2n) is 6.27. The minimum Gasteiger partial charge on any atom is -0.508 e. The molecular formula is C24H24O6. The molecule has 0 saturated carbocycles. The van der Waals surface area contributed by atoms with Crippen molar-refractivity contribution in [1.82, 2.24) is 0 Å². The first-order chi connectivity index (χ1) is 14.3. The summed E-state index contributed by atoms with van der Waals surface area (Å²) in [6.45, 7) is 3.35. The molecule has 0 bridgehead atoms. The second-order valence-corrected chi connectivity index (χ2v) is 6.27. The van der Waals surface area contributed by atoms with Crippen LogP contribution in [-0.2, 0) is 9.59 Å². The number of benzene rings is 2. The molecule has 2 rings (SSSR count). The number of aromatic hydroxyl groups is 2. The maximum absolute atomic E-state index is 10.6. The highest BCUT2D eigenvalue weighted by Crippen LogP contribution is 2.22. The zero-order valence-corrected chi connectivity index (χ0v) is 16.8. The summed E-state index contributed by atoms with van der Waals surface area (Å²) < 4.78 is 0. The lowest BCUT2D eigenvalue weighted by molar-refractivity contribution is -0.138. The minimum absolute atomic E-state index is 0.0222. The summed E-state index contributed by atoms with van der Waals surface area (Å²) in [4.78, 5) is 21.2. The lowest BCUT2D eigenvalue weighted by Gasteiger charge is -2.08. The molecule has 0 amide bonds. The number of phenolic OH excluding ortho intramolecular Hbond substituents is 2. The number of carboxylic acid groups (broad SMARTS) is 2. The summed E-state index contributed by atoms with van der Waals surface area (Å²) in [5.41, 5.74) is 1.62. The van der Waals surface area contributed by atoms with Gasteiger partial charge in [0.2, 0.25) is 0 Å². The van der Waals surface area contributed by atoms with Gasteiger partial charge in [0, 0.05) is 0 Å². The summed E-state index contributed by atoms with van der Waals surface area (Å²) in [6, 6.07) is 12.9. The van der Waals surface area contributed by atoms with E-state index in [0.717, 1.165) is 11.1 Å². The second kappa shape index (κ2) is 12.5. The molecule has 30 heavy (non-hydrogen) atoms. The van der Waals surface area contributed by atoms with Crippen LogP contribution >= 0.6 is 0 Å². The third kappa shape index (κ3) is 8.86. The molecule has 2 aromatic carbocycles. The number of phenols is 2. The number of carboxylic acids is 2. The Labute approximate surface area is 175 Å². The van der Waals surface area contributed by atoms with Crippen LogP contribution in [0.5, 0.6) is 11.5 Å². The van der Waals surface area contributed by atoms with E-state index in [9.17, 15) is 9.59 Å². The Hall–Kier alpha value is -3.90. The van der Waals surface area contributed by atoms with E-state index in [1.807, 2.05) is 0 Å². The van der Waals surface area contributed by atoms with E-state index in [1.54, 1.807) is 38.1 Å². The van der Waals surface area contributed by atoms with E-state index in [-0.39, 0.29) is 36.2 Å². The van der Waals surface area contributed by atoms with Gasteiger partial charge in [0.1, 0.15) is 11.5 Å². The Balaban J connectivity index is 0.000000300. The van der Waals surface area contributed by atoms with Crippen molar-refractivity contribution in [3.63, 3.8) is 0 Å². The lowest BCUT2D eigenvalue weighted by Crippen LogP contribution is -2.04. The number of carbonyl (C=O) groups is 2. The quantitative estimate of drug-likeness (QED) is 0.538. The van der Waals surface area contributed by atoms with E-state index < -0.39 is 11.9 Å². The van der Waals surface area contributed by atoms with Crippen molar-refractivity contribution in [2.45, 2.75) is 38.5 Å². The van der Waals surface area contributed by atoms with Crippen LogP contribution in [0.2, 0.25) is 0 Å². The molecule has 0 fully saturated rings. The van der Waals surface area contributed by atoms with Gasteiger partial charge in [0.25, 0.3) is 0 Å². The first-order valence-electron chi connectivity index (χ1n) is 9.12. The van der Waals surface area contributed by atoms with Gasteiger partial charge < -0.3 is 20.4 Å². The third-order valence-electron chi connectivity index (χ3n) is 3.99. The molecule has 0 saturated heterocycles. The van der Waals surface area contributed by atoms with Gasteiger partial charge in [-0.25, -0.2) is 0 Å². The fourth-order valence-electron chi connectivity index (χ4n) is 2.62. The van der Waals surface area contributed by atoms with Crippen molar-refractivity contribution >= 4 is 11.9 Å². The van der Waals surface area contributed by atoms with Gasteiger partial charge in [0.15, 0.2) is 0 Å². The molecule has 6 heteroatoms. The highest BCUT2D eigenvalue weighted by molar-refractivity contribution is 5.69. The van der Waals surface area contributed by atoms with Crippen LogP contribution in [0.15, 0.2) is 48.5 Å². The van der Waals surface area contributed by atoms with Gasteiger partial charge in [-0.2, -0.15) is 0 Å². The van der Waals surface area contributed by atoms with Gasteiger partial charge >= 0.3 is 11.9 Å². The Morgan fingerprint density at radius 3 is 1.23 bits per heavy atom. The molecule has 0 aromatic heterocycles. The van der Waals surface area contributed by atoms with Crippen LogP contribution in [0, 0.1) is 23.7 Å². The topological polar surface area (TPSA) is 115 Å². The maximum Gasteiger partial charge on any atom is 0.304 e. The molecule has 0 aliphatic carbocycles. The normalized spacial score (nSPS) is 11.3. The minimum atomic E-state index is -0.879. The zero-order chi connectivity index (χ0) is 22.5. The summed E-state index contributed by atoms with van der Waals surface area (Å²) in [7, 11) is 0. The molecule has 0 heterocycles. The van der Waals surface area contributed by atoms with Crippen LogP contribution in [0.1, 0.15) is 49.7 Å². The Bertz CT molecular complexity index is 872. The Kier molecular flexibility index (Phi) is 10.1. The van der Waals surface area contributed by atoms with Gasteiger partial charge in [0.05, 0.1) is 24.7 Å².